The second kappa shape index (κ2) is 6.54. The average Bonchev–Trinajstić information content (AvgIpc) is 2.44. The fraction of sp³-hybridized carbons (Fsp3) is 0.125. The Hall–Kier alpha value is -2.14. The Morgan fingerprint density at radius 2 is 1.86 bits per heavy atom. The zero-order valence-electron chi connectivity index (χ0n) is 11.5. The molecule has 0 aliphatic carbocycles. The van der Waals surface area contributed by atoms with Crippen molar-refractivity contribution in [1.29, 1.82) is 0 Å². The van der Waals surface area contributed by atoms with Crippen LogP contribution in [0.4, 0.5) is 0 Å². The molecule has 1 unspecified atom stereocenters. The second-order valence-electron chi connectivity index (χ2n) is 4.68. The van der Waals surface area contributed by atoms with Gasteiger partial charge in [-0.1, -0.05) is 46.3 Å². The summed E-state index contributed by atoms with van der Waals surface area (Å²) in [5.41, 5.74) is 7.42. The third-order valence-corrected chi connectivity index (χ3v) is 3.62. The Labute approximate surface area is 131 Å². The zero-order chi connectivity index (χ0) is 15.4. The van der Waals surface area contributed by atoms with Gasteiger partial charge in [0.25, 0.3) is 5.91 Å². The summed E-state index contributed by atoms with van der Waals surface area (Å²) in [5.74, 6) is -0.924. The van der Waals surface area contributed by atoms with E-state index in [-0.39, 0.29) is 5.91 Å². The number of carbonyl (C=O) groups is 2. The number of primary amides is 1. The van der Waals surface area contributed by atoms with Crippen LogP contribution in [0.15, 0.2) is 53.0 Å². The van der Waals surface area contributed by atoms with Gasteiger partial charge in [-0.2, -0.15) is 0 Å². The van der Waals surface area contributed by atoms with Crippen molar-refractivity contribution in [2.45, 2.75) is 13.0 Å². The Morgan fingerprint density at radius 1 is 1.14 bits per heavy atom. The fourth-order valence-electron chi connectivity index (χ4n) is 2.04. The normalized spacial score (nSPS) is 11.7. The molecular weight excluding hydrogens is 332 g/mol. The first-order valence-corrected chi connectivity index (χ1v) is 7.19. The van der Waals surface area contributed by atoms with Crippen LogP contribution in [-0.2, 0) is 4.79 Å². The Balaban J connectivity index is 2.27. The molecule has 0 saturated carbocycles. The summed E-state index contributed by atoms with van der Waals surface area (Å²) in [5, 5.41) is 2.68. The molecule has 2 rings (SSSR count). The molecule has 0 aliphatic rings. The number of aryl methyl sites for hydroxylation is 1. The van der Waals surface area contributed by atoms with Crippen LogP contribution < -0.4 is 11.1 Å². The number of amides is 2. The van der Waals surface area contributed by atoms with Crippen molar-refractivity contribution in [3.63, 3.8) is 0 Å². The van der Waals surface area contributed by atoms with Gasteiger partial charge in [-0.3, -0.25) is 9.59 Å². The van der Waals surface area contributed by atoms with Crippen LogP contribution in [0.25, 0.3) is 0 Å². The predicted molar refractivity (Wildman–Crippen MR) is 84.7 cm³/mol. The van der Waals surface area contributed by atoms with Crippen LogP contribution in [0.1, 0.15) is 27.5 Å². The molecule has 0 radical (unpaired) electrons. The van der Waals surface area contributed by atoms with E-state index >= 15 is 0 Å². The molecule has 2 aromatic rings. The van der Waals surface area contributed by atoms with E-state index in [1.54, 1.807) is 30.3 Å². The number of hydrogen-bond acceptors (Lipinski definition) is 2. The molecule has 0 bridgehead atoms. The van der Waals surface area contributed by atoms with Crippen molar-refractivity contribution in [3.8, 4) is 0 Å². The summed E-state index contributed by atoms with van der Waals surface area (Å²) in [4.78, 5) is 24.0. The van der Waals surface area contributed by atoms with E-state index in [1.165, 1.54) is 0 Å². The standard InChI is InChI=1S/C16H15BrN2O2/c1-10-5-2-3-8-13(10)16(21)19-14(15(18)20)11-6-4-7-12(17)9-11/h2-9,14H,1H3,(H2,18,20)(H,19,21). The summed E-state index contributed by atoms with van der Waals surface area (Å²) < 4.78 is 0.816. The summed E-state index contributed by atoms with van der Waals surface area (Å²) in [7, 11) is 0. The van der Waals surface area contributed by atoms with Crippen molar-refractivity contribution in [3.05, 3.63) is 69.7 Å². The Morgan fingerprint density at radius 3 is 2.48 bits per heavy atom. The highest BCUT2D eigenvalue weighted by Crippen LogP contribution is 2.19. The molecule has 4 nitrogen and oxygen atoms in total. The van der Waals surface area contributed by atoms with Gasteiger partial charge in [0.05, 0.1) is 0 Å². The molecule has 5 heteroatoms. The minimum Gasteiger partial charge on any atom is -0.368 e. The van der Waals surface area contributed by atoms with Crippen LogP contribution in [0, 0.1) is 6.92 Å². The number of rotatable bonds is 4. The summed E-state index contributed by atoms with van der Waals surface area (Å²) in [6.45, 7) is 1.84. The van der Waals surface area contributed by atoms with Crippen molar-refractivity contribution in [2.24, 2.45) is 5.73 Å². The summed E-state index contributed by atoms with van der Waals surface area (Å²) in [6.07, 6.45) is 0. The molecule has 0 aliphatic heterocycles. The molecule has 0 aromatic heterocycles. The lowest BCUT2D eigenvalue weighted by atomic mass is 10.0. The molecule has 0 spiro atoms. The van der Waals surface area contributed by atoms with E-state index in [2.05, 4.69) is 21.2 Å². The van der Waals surface area contributed by atoms with Crippen LogP contribution in [0.5, 0.6) is 0 Å². The average molecular weight is 347 g/mol. The van der Waals surface area contributed by atoms with Gasteiger partial charge >= 0.3 is 0 Å². The lowest BCUT2D eigenvalue weighted by Gasteiger charge is -2.17. The van der Waals surface area contributed by atoms with Gasteiger partial charge in [0.1, 0.15) is 6.04 Å². The van der Waals surface area contributed by atoms with Gasteiger partial charge in [0, 0.05) is 10.0 Å². The number of nitrogens with one attached hydrogen (secondary N) is 1. The van der Waals surface area contributed by atoms with Crippen molar-refractivity contribution >= 4 is 27.7 Å². The topological polar surface area (TPSA) is 72.2 Å². The van der Waals surface area contributed by atoms with Gasteiger partial charge in [0.15, 0.2) is 0 Å². The number of benzene rings is 2. The number of hydrogen-bond donors (Lipinski definition) is 2. The summed E-state index contributed by atoms with van der Waals surface area (Å²) >= 11 is 3.34. The van der Waals surface area contributed by atoms with E-state index in [0.717, 1.165) is 10.0 Å². The first-order chi connectivity index (χ1) is 9.99. The van der Waals surface area contributed by atoms with Crippen LogP contribution >= 0.6 is 15.9 Å². The maximum Gasteiger partial charge on any atom is 0.252 e. The van der Waals surface area contributed by atoms with E-state index in [9.17, 15) is 9.59 Å². The SMILES string of the molecule is Cc1ccccc1C(=O)NC(C(N)=O)c1cccc(Br)c1. The first kappa shape index (κ1) is 15.3. The van der Waals surface area contributed by atoms with Gasteiger partial charge in [-0.05, 0) is 36.2 Å². The van der Waals surface area contributed by atoms with E-state index in [1.807, 2.05) is 25.1 Å². The Bertz CT molecular complexity index is 685. The van der Waals surface area contributed by atoms with E-state index in [0.29, 0.717) is 11.1 Å². The quantitative estimate of drug-likeness (QED) is 0.893. The number of halogens is 1. The fourth-order valence-corrected chi connectivity index (χ4v) is 2.46. The molecule has 108 valence electrons. The molecule has 3 N–H and O–H groups in total. The first-order valence-electron chi connectivity index (χ1n) is 6.40. The lowest BCUT2D eigenvalue weighted by Crippen LogP contribution is -2.37. The van der Waals surface area contributed by atoms with Crippen molar-refractivity contribution in [1.82, 2.24) is 5.32 Å². The maximum atomic E-state index is 12.3. The highest BCUT2D eigenvalue weighted by molar-refractivity contribution is 9.10. The van der Waals surface area contributed by atoms with E-state index in [4.69, 9.17) is 5.73 Å². The van der Waals surface area contributed by atoms with Crippen LogP contribution in [0.3, 0.4) is 0 Å². The number of nitrogens with two attached hydrogens (primary N) is 1. The van der Waals surface area contributed by atoms with Crippen LogP contribution in [0.2, 0.25) is 0 Å². The molecule has 1 atom stereocenters. The molecular formula is C16H15BrN2O2. The molecule has 0 fully saturated rings. The summed E-state index contributed by atoms with van der Waals surface area (Å²) in [6, 6.07) is 13.4. The van der Waals surface area contributed by atoms with Gasteiger partial charge in [-0.25, -0.2) is 0 Å². The highest BCUT2D eigenvalue weighted by atomic mass is 79.9. The van der Waals surface area contributed by atoms with Crippen LogP contribution in [-0.4, -0.2) is 11.8 Å². The third kappa shape index (κ3) is 3.70. The highest BCUT2D eigenvalue weighted by Gasteiger charge is 2.21. The minimum atomic E-state index is -0.866. The monoisotopic (exact) mass is 346 g/mol. The predicted octanol–water partition coefficient (Wildman–Crippen LogP) is 2.71. The third-order valence-electron chi connectivity index (χ3n) is 3.13. The Kier molecular flexibility index (Phi) is 4.75. The van der Waals surface area contributed by atoms with Gasteiger partial charge in [0.2, 0.25) is 5.91 Å². The minimum absolute atomic E-state index is 0.322. The smallest absolute Gasteiger partial charge is 0.252 e. The second-order valence-corrected chi connectivity index (χ2v) is 5.59. The molecule has 0 saturated heterocycles. The largest absolute Gasteiger partial charge is 0.368 e. The maximum absolute atomic E-state index is 12.3. The van der Waals surface area contributed by atoms with Crippen molar-refractivity contribution in [2.75, 3.05) is 0 Å². The molecule has 21 heavy (non-hydrogen) atoms. The number of carbonyl (C=O) groups excluding carboxylic acids is 2. The van der Waals surface area contributed by atoms with Crippen molar-refractivity contribution < 1.29 is 9.59 Å². The van der Waals surface area contributed by atoms with Gasteiger partial charge in [-0.15, -0.1) is 0 Å². The molecule has 2 amide bonds. The van der Waals surface area contributed by atoms with Gasteiger partial charge < -0.3 is 11.1 Å². The lowest BCUT2D eigenvalue weighted by molar-refractivity contribution is -0.120. The molecule has 2 aromatic carbocycles. The molecule has 0 heterocycles. The van der Waals surface area contributed by atoms with E-state index < -0.39 is 11.9 Å². The zero-order valence-corrected chi connectivity index (χ0v) is 13.1.